The zero-order chi connectivity index (χ0) is 15.1. The fourth-order valence-electron chi connectivity index (χ4n) is 1.85. The molecule has 1 rings (SSSR count). The molecular weight excluding hydrogens is 254 g/mol. The van der Waals surface area contributed by atoms with Gasteiger partial charge in [0.2, 0.25) is 5.91 Å². The van der Waals surface area contributed by atoms with Crippen LogP contribution in [0.25, 0.3) is 0 Å². The molecule has 0 aromatic heterocycles. The molecule has 0 aliphatic rings. The van der Waals surface area contributed by atoms with Gasteiger partial charge in [0.15, 0.2) is 0 Å². The first kappa shape index (κ1) is 16.2. The maximum Gasteiger partial charge on any atom is 0.321 e. The Kier molecular flexibility index (Phi) is 6.18. The summed E-state index contributed by atoms with van der Waals surface area (Å²) in [7, 11) is 3.32. The van der Waals surface area contributed by atoms with Crippen molar-refractivity contribution in [2.24, 2.45) is 0 Å². The van der Waals surface area contributed by atoms with E-state index < -0.39 is 6.03 Å². The Morgan fingerprint density at radius 3 is 2.30 bits per heavy atom. The first-order valence-electron chi connectivity index (χ1n) is 6.71. The number of hydrogen-bond donors (Lipinski definition) is 2. The van der Waals surface area contributed by atoms with E-state index in [9.17, 15) is 9.59 Å². The van der Waals surface area contributed by atoms with Crippen LogP contribution in [0.15, 0.2) is 24.3 Å². The van der Waals surface area contributed by atoms with Crippen LogP contribution in [0.3, 0.4) is 0 Å². The molecule has 0 aliphatic carbocycles. The molecule has 0 aliphatic heterocycles. The fraction of sp³-hybridized carbons (Fsp3) is 0.467. The summed E-state index contributed by atoms with van der Waals surface area (Å²) in [6, 6.07) is 7.88. The second kappa shape index (κ2) is 7.65. The third-order valence-corrected chi connectivity index (χ3v) is 2.99. The Morgan fingerprint density at radius 2 is 1.80 bits per heavy atom. The van der Waals surface area contributed by atoms with Crippen molar-refractivity contribution in [2.45, 2.75) is 26.3 Å². The Morgan fingerprint density at radius 1 is 1.20 bits per heavy atom. The number of nitrogens with one attached hydrogen (secondary N) is 2. The highest BCUT2D eigenvalue weighted by atomic mass is 16.2. The number of hydrogen-bond acceptors (Lipinski definition) is 3. The first-order chi connectivity index (χ1) is 9.42. The third kappa shape index (κ3) is 5.40. The van der Waals surface area contributed by atoms with Gasteiger partial charge < -0.3 is 5.32 Å². The standard InChI is InChI=1S/C15H23N3O2/c1-11(2)13-7-5-12(6-8-13)9-18(4)10-14(19)17-15(20)16-3/h5-8,11H,9-10H2,1-4H3,(H2,16,17,19,20). The molecule has 0 heterocycles. The monoisotopic (exact) mass is 277 g/mol. The van der Waals surface area contributed by atoms with E-state index in [1.807, 2.05) is 11.9 Å². The minimum absolute atomic E-state index is 0.180. The van der Waals surface area contributed by atoms with E-state index in [2.05, 4.69) is 48.7 Å². The van der Waals surface area contributed by atoms with Crippen molar-refractivity contribution < 1.29 is 9.59 Å². The molecule has 1 aromatic rings. The molecular formula is C15H23N3O2. The van der Waals surface area contributed by atoms with Gasteiger partial charge in [-0.25, -0.2) is 4.79 Å². The lowest BCUT2D eigenvalue weighted by atomic mass is 10.0. The zero-order valence-corrected chi connectivity index (χ0v) is 12.6. The molecule has 0 atom stereocenters. The van der Waals surface area contributed by atoms with Crippen LogP contribution >= 0.6 is 0 Å². The van der Waals surface area contributed by atoms with Gasteiger partial charge in [0, 0.05) is 13.6 Å². The second-order valence-electron chi connectivity index (χ2n) is 5.20. The van der Waals surface area contributed by atoms with Crippen molar-refractivity contribution in [2.75, 3.05) is 20.6 Å². The summed E-state index contributed by atoms with van der Waals surface area (Å²) in [5.41, 5.74) is 2.44. The average molecular weight is 277 g/mol. The number of nitrogens with zero attached hydrogens (tertiary/aromatic N) is 1. The van der Waals surface area contributed by atoms with E-state index >= 15 is 0 Å². The molecule has 3 amide bonds. The summed E-state index contributed by atoms with van der Waals surface area (Å²) in [6.07, 6.45) is 0. The van der Waals surface area contributed by atoms with Gasteiger partial charge in [0.05, 0.1) is 6.54 Å². The molecule has 1 aromatic carbocycles. The Bertz CT molecular complexity index is 455. The summed E-state index contributed by atoms with van der Waals surface area (Å²) in [4.78, 5) is 24.4. The largest absolute Gasteiger partial charge is 0.341 e. The molecule has 0 bridgehead atoms. The predicted octanol–water partition coefficient (Wildman–Crippen LogP) is 1.70. The van der Waals surface area contributed by atoms with Crippen LogP contribution in [0.4, 0.5) is 4.79 Å². The number of rotatable bonds is 5. The first-order valence-corrected chi connectivity index (χ1v) is 6.71. The van der Waals surface area contributed by atoms with Gasteiger partial charge in [-0.1, -0.05) is 38.1 Å². The van der Waals surface area contributed by atoms with Crippen molar-refractivity contribution in [3.63, 3.8) is 0 Å². The van der Waals surface area contributed by atoms with E-state index in [0.717, 1.165) is 5.56 Å². The minimum atomic E-state index is -0.482. The Labute approximate surface area is 120 Å². The van der Waals surface area contributed by atoms with E-state index in [0.29, 0.717) is 12.5 Å². The molecule has 2 N–H and O–H groups in total. The van der Waals surface area contributed by atoms with E-state index in [4.69, 9.17) is 0 Å². The number of benzene rings is 1. The summed E-state index contributed by atoms with van der Waals surface area (Å²) in [6.45, 7) is 5.16. The van der Waals surface area contributed by atoms with Gasteiger partial charge in [-0.2, -0.15) is 0 Å². The maximum atomic E-state index is 11.5. The fourth-order valence-corrected chi connectivity index (χ4v) is 1.85. The Balaban J connectivity index is 2.47. The summed E-state index contributed by atoms with van der Waals surface area (Å²) >= 11 is 0. The number of amides is 3. The number of imide groups is 1. The Hall–Kier alpha value is -1.88. The maximum absolute atomic E-state index is 11.5. The molecule has 0 spiro atoms. The highest BCUT2D eigenvalue weighted by molar-refractivity contribution is 5.95. The van der Waals surface area contributed by atoms with Crippen LogP contribution in [-0.2, 0) is 11.3 Å². The van der Waals surface area contributed by atoms with Gasteiger partial charge in [0.25, 0.3) is 0 Å². The van der Waals surface area contributed by atoms with Crippen LogP contribution in [-0.4, -0.2) is 37.5 Å². The van der Waals surface area contributed by atoms with Gasteiger partial charge in [0.1, 0.15) is 0 Å². The van der Waals surface area contributed by atoms with Crippen LogP contribution in [0, 0.1) is 0 Å². The number of likely N-dealkylation sites (N-methyl/N-ethyl adjacent to an activating group) is 1. The van der Waals surface area contributed by atoms with E-state index in [1.165, 1.54) is 12.6 Å². The SMILES string of the molecule is CNC(=O)NC(=O)CN(C)Cc1ccc(C(C)C)cc1. The molecule has 0 fully saturated rings. The van der Waals surface area contributed by atoms with Crippen molar-refractivity contribution in [1.29, 1.82) is 0 Å². The molecule has 0 saturated heterocycles. The number of carbonyl (C=O) groups excluding carboxylic acids is 2. The lowest BCUT2D eigenvalue weighted by molar-refractivity contribution is -0.120. The molecule has 0 unspecified atom stereocenters. The molecule has 5 nitrogen and oxygen atoms in total. The van der Waals surface area contributed by atoms with Gasteiger partial charge in [-0.05, 0) is 24.1 Å². The normalized spacial score (nSPS) is 10.7. The van der Waals surface area contributed by atoms with Crippen LogP contribution in [0.5, 0.6) is 0 Å². The lowest BCUT2D eigenvalue weighted by Crippen LogP contribution is -2.42. The lowest BCUT2D eigenvalue weighted by Gasteiger charge is -2.16. The summed E-state index contributed by atoms with van der Waals surface area (Å²) in [5.74, 6) is 0.200. The highest BCUT2D eigenvalue weighted by Crippen LogP contribution is 2.15. The summed E-state index contributed by atoms with van der Waals surface area (Å²) in [5, 5.41) is 4.59. The van der Waals surface area contributed by atoms with Crippen LogP contribution in [0.2, 0.25) is 0 Å². The molecule has 110 valence electrons. The highest BCUT2D eigenvalue weighted by Gasteiger charge is 2.09. The zero-order valence-electron chi connectivity index (χ0n) is 12.6. The van der Waals surface area contributed by atoms with Gasteiger partial charge >= 0.3 is 6.03 Å². The predicted molar refractivity (Wildman–Crippen MR) is 79.5 cm³/mol. The molecule has 0 saturated carbocycles. The van der Waals surface area contributed by atoms with E-state index in [1.54, 1.807) is 0 Å². The van der Waals surface area contributed by atoms with Gasteiger partial charge in [-0.15, -0.1) is 0 Å². The number of carbonyl (C=O) groups is 2. The van der Waals surface area contributed by atoms with Crippen LogP contribution in [0.1, 0.15) is 30.9 Å². The van der Waals surface area contributed by atoms with E-state index in [-0.39, 0.29) is 12.5 Å². The molecule has 20 heavy (non-hydrogen) atoms. The average Bonchev–Trinajstić information content (AvgIpc) is 2.38. The van der Waals surface area contributed by atoms with Crippen molar-refractivity contribution in [3.8, 4) is 0 Å². The van der Waals surface area contributed by atoms with Crippen LogP contribution < -0.4 is 10.6 Å². The number of urea groups is 1. The van der Waals surface area contributed by atoms with Crippen molar-refractivity contribution in [1.82, 2.24) is 15.5 Å². The second-order valence-corrected chi connectivity index (χ2v) is 5.20. The summed E-state index contributed by atoms with van der Waals surface area (Å²) < 4.78 is 0. The van der Waals surface area contributed by atoms with Crippen molar-refractivity contribution in [3.05, 3.63) is 35.4 Å². The smallest absolute Gasteiger partial charge is 0.321 e. The molecule has 5 heteroatoms. The van der Waals surface area contributed by atoms with Gasteiger partial charge in [-0.3, -0.25) is 15.0 Å². The topological polar surface area (TPSA) is 61.4 Å². The minimum Gasteiger partial charge on any atom is -0.341 e. The molecule has 0 radical (unpaired) electrons. The third-order valence-electron chi connectivity index (χ3n) is 2.99. The van der Waals surface area contributed by atoms with Crippen molar-refractivity contribution >= 4 is 11.9 Å². The quantitative estimate of drug-likeness (QED) is 0.861.